The van der Waals surface area contributed by atoms with Crippen molar-refractivity contribution in [2.24, 2.45) is 0 Å². The molecule has 0 radical (unpaired) electrons. The number of esters is 1. The van der Waals surface area contributed by atoms with Gasteiger partial charge in [-0.05, 0) is 63.1 Å². The molecule has 0 saturated heterocycles. The number of nitrogens with one attached hydrogen (secondary N) is 1. The molecule has 6 heteroatoms. The molecule has 2 heterocycles. The van der Waals surface area contributed by atoms with Crippen LogP contribution in [0.15, 0.2) is 48.5 Å². The van der Waals surface area contributed by atoms with Crippen molar-refractivity contribution in [3.63, 3.8) is 0 Å². The van der Waals surface area contributed by atoms with Gasteiger partial charge in [0.25, 0.3) is 5.91 Å². The highest BCUT2D eigenvalue weighted by molar-refractivity contribution is 7.17. The molecule has 36 heavy (non-hydrogen) atoms. The van der Waals surface area contributed by atoms with Gasteiger partial charge in [0.05, 0.1) is 28.9 Å². The van der Waals surface area contributed by atoms with E-state index in [1.54, 1.807) is 0 Å². The van der Waals surface area contributed by atoms with Gasteiger partial charge in [0.2, 0.25) is 0 Å². The number of aromatic nitrogens is 1. The number of rotatable bonds is 6. The van der Waals surface area contributed by atoms with E-state index in [9.17, 15) is 9.59 Å². The average Bonchev–Trinajstić information content (AvgIpc) is 3.25. The van der Waals surface area contributed by atoms with E-state index in [0.29, 0.717) is 22.7 Å². The third kappa shape index (κ3) is 4.53. The summed E-state index contributed by atoms with van der Waals surface area (Å²) in [4.78, 5) is 33.0. The van der Waals surface area contributed by atoms with Crippen LogP contribution in [0.1, 0.15) is 68.5 Å². The molecular formula is C30H30N2O3S. The number of para-hydroxylation sites is 1. The maximum atomic E-state index is 13.9. The maximum Gasteiger partial charge on any atom is 0.341 e. The van der Waals surface area contributed by atoms with Crippen LogP contribution >= 0.6 is 11.3 Å². The van der Waals surface area contributed by atoms with E-state index >= 15 is 0 Å². The predicted octanol–water partition coefficient (Wildman–Crippen LogP) is 7.28. The molecule has 2 aromatic heterocycles. The molecule has 0 unspecified atom stereocenters. The Morgan fingerprint density at radius 2 is 1.75 bits per heavy atom. The fourth-order valence-corrected chi connectivity index (χ4v) is 6.17. The molecule has 4 aromatic rings. The Labute approximate surface area is 215 Å². The number of amides is 1. The van der Waals surface area contributed by atoms with Gasteiger partial charge >= 0.3 is 5.97 Å². The minimum atomic E-state index is -0.344. The van der Waals surface area contributed by atoms with Crippen molar-refractivity contribution in [3.8, 4) is 11.3 Å². The standard InChI is InChI=1S/C30H30N2O3S/c1-4-17-35-30(34)26-22-10-6-8-12-24(22)36-29(26)32-28(33)25-19(3)27(20-15-13-18(2)14-16-20)31-23-11-7-5-9-21(23)25/h5,7,9,11,13-16H,4,6,8,10,12,17H2,1-3H3,(H,32,33). The summed E-state index contributed by atoms with van der Waals surface area (Å²) in [6, 6.07) is 15.9. The number of anilines is 1. The van der Waals surface area contributed by atoms with Crippen molar-refractivity contribution >= 4 is 39.1 Å². The SMILES string of the molecule is CCCOC(=O)c1c(NC(=O)c2c(C)c(-c3ccc(C)cc3)nc3ccccc23)sc2c1CCCC2. The molecular weight excluding hydrogens is 468 g/mol. The highest BCUT2D eigenvalue weighted by Crippen LogP contribution is 2.39. The monoisotopic (exact) mass is 498 g/mol. The van der Waals surface area contributed by atoms with Gasteiger partial charge < -0.3 is 10.1 Å². The van der Waals surface area contributed by atoms with E-state index in [4.69, 9.17) is 9.72 Å². The van der Waals surface area contributed by atoms with Gasteiger partial charge in [0.1, 0.15) is 5.00 Å². The number of carbonyl (C=O) groups excluding carboxylic acids is 2. The van der Waals surface area contributed by atoms with E-state index in [1.807, 2.05) is 57.2 Å². The Morgan fingerprint density at radius 3 is 2.53 bits per heavy atom. The number of fused-ring (bicyclic) bond motifs is 2. The predicted molar refractivity (Wildman–Crippen MR) is 146 cm³/mol. The average molecular weight is 499 g/mol. The van der Waals surface area contributed by atoms with Crippen molar-refractivity contribution in [3.05, 3.63) is 81.2 Å². The summed E-state index contributed by atoms with van der Waals surface area (Å²) in [5, 5.41) is 4.49. The fourth-order valence-electron chi connectivity index (χ4n) is 4.89. The topological polar surface area (TPSA) is 68.3 Å². The largest absolute Gasteiger partial charge is 0.462 e. The smallest absolute Gasteiger partial charge is 0.341 e. The van der Waals surface area contributed by atoms with E-state index in [-0.39, 0.29) is 11.9 Å². The summed E-state index contributed by atoms with van der Waals surface area (Å²) < 4.78 is 5.52. The Hall–Kier alpha value is -3.51. The lowest BCUT2D eigenvalue weighted by Gasteiger charge is -2.15. The van der Waals surface area contributed by atoms with Crippen LogP contribution in [0.2, 0.25) is 0 Å². The highest BCUT2D eigenvalue weighted by atomic mass is 32.1. The van der Waals surface area contributed by atoms with Gasteiger partial charge in [-0.15, -0.1) is 11.3 Å². The lowest BCUT2D eigenvalue weighted by atomic mass is 9.95. The highest BCUT2D eigenvalue weighted by Gasteiger charge is 2.28. The second-order valence-corrected chi connectivity index (χ2v) is 10.5. The van der Waals surface area contributed by atoms with Crippen molar-refractivity contribution < 1.29 is 14.3 Å². The van der Waals surface area contributed by atoms with Gasteiger partial charge in [-0.25, -0.2) is 9.78 Å². The van der Waals surface area contributed by atoms with E-state index < -0.39 is 0 Å². The molecule has 1 aliphatic rings. The zero-order valence-corrected chi connectivity index (χ0v) is 21.8. The van der Waals surface area contributed by atoms with Gasteiger partial charge in [-0.1, -0.05) is 55.0 Å². The molecule has 0 aliphatic heterocycles. The van der Waals surface area contributed by atoms with Gasteiger partial charge in [-0.2, -0.15) is 0 Å². The molecule has 0 atom stereocenters. The van der Waals surface area contributed by atoms with Crippen molar-refractivity contribution in [2.75, 3.05) is 11.9 Å². The number of benzene rings is 2. The number of hydrogen-bond donors (Lipinski definition) is 1. The summed E-state index contributed by atoms with van der Waals surface area (Å²) >= 11 is 1.51. The maximum absolute atomic E-state index is 13.9. The molecule has 2 aromatic carbocycles. The third-order valence-corrected chi connectivity index (χ3v) is 7.93. The summed E-state index contributed by atoms with van der Waals surface area (Å²) in [5.41, 5.74) is 6.64. The molecule has 0 fully saturated rings. The van der Waals surface area contributed by atoms with Crippen LogP contribution in [-0.2, 0) is 17.6 Å². The van der Waals surface area contributed by atoms with Crippen molar-refractivity contribution in [1.82, 2.24) is 4.98 Å². The molecule has 0 saturated carbocycles. The summed E-state index contributed by atoms with van der Waals surface area (Å²) in [6.45, 7) is 6.33. The van der Waals surface area contributed by atoms with Gasteiger partial charge in [0, 0.05) is 15.8 Å². The molecule has 1 aliphatic carbocycles. The number of nitrogens with zero attached hydrogens (tertiary/aromatic N) is 1. The Morgan fingerprint density at radius 1 is 1.00 bits per heavy atom. The Kier molecular flexibility index (Phi) is 6.88. The van der Waals surface area contributed by atoms with Crippen LogP contribution in [0, 0.1) is 13.8 Å². The molecule has 184 valence electrons. The number of thiophene rings is 1. The first-order valence-corrected chi connectivity index (χ1v) is 13.4. The molecule has 0 bridgehead atoms. The third-order valence-electron chi connectivity index (χ3n) is 6.73. The number of ether oxygens (including phenoxy) is 1. The number of hydrogen-bond acceptors (Lipinski definition) is 5. The van der Waals surface area contributed by atoms with E-state index in [1.165, 1.54) is 21.8 Å². The van der Waals surface area contributed by atoms with Gasteiger partial charge in [-0.3, -0.25) is 4.79 Å². The summed E-state index contributed by atoms with van der Waals surface area (Å²) in [5.74, 6) is -0.578. The lowest BCUT2D eigenvalue weighted by molar-refractivity contribution is 0.0505. The van der Waals surface area contributed by atoms with E-state index in [0.717, 1.165) is 65.4 Å². The quantitative estimate of drug-likeness (QED) is 0.284. The minimum absolute atomic E-state index is 0.234. The first-order valence-electron chi connectivity index (χ1n) is 12.6. The molecule has 5 rings (SSSR count). The fraction of sp³-hybridized carbons (Fsp3) is 0.300. The van der Waals surface area contributed by atoms with Gasteiger partial charge in [0.15, 0.2) is 0 Å². The number of aryl methyl sites for hydroxylation is 2. The lowest BCUT2D eigenvalue weighted by Crippen LogP contribution is -2.18. The van der Waals surface area contributed by atoms with Crippen LogP contribution in [0.4, 0.5) is 5.00 Å². The van der Waals surface area contributed by atoms with Crippen LogP contribution in [0.25, 0.3) is 22.2 Å². The molecule has 5 nitrogen and oxygen atoms in total. The van der Waals surface area contributed by atoms with Crippen molar-refractivity contribution in [1.29, 1.82) is 0 Å². The summed E-state index contributed by atoms with van der Waals surface area (Å²) in [6.07, 6.45) is 4.66. The first kappa shape index (κ1) is 24.2. The second-order valence-electron chi connectivity index (χ2n) is 9.35. The zero-order chi connectivity index (χ0) is 25.2. The van der Waals surface area contributed by atoms with Crippen LogP contribution < -0.4 is 5.32 Å². The van der Waals surface area contributed by atoms with Crippen LogP contribution in [-0.4, -0.2) is 23.5 Å². The van der Waals surface area contributed by atoms with Crippen LogP contribution in [0.3, 0.4) is 0 Å². The van der Waals surface area contributed by atoms with E-state index in [2.05, 4.69) is 17.4 Å². The first-order chi connectivity index (χ1) is 17.5. The Bertz CT molecular complexity index is 1450. The summed E-state index contributed by atoms with van der Waals surface area (Å²) in [7, 11) is 0. The minimum Gasteiger partial charge on any atom is -0.462 e. The Balaban J connectivity index is 1.60. The number of pyridine rings is 1. The molecule has 1 amide bonds. The van der Waals surface area contributed by atoms with Crippen molar-refractivity contribution in [2.45, 2.75) is 52.9 Å². The zero-order valence-electron chi connectivity index (χ0n) is 20.9. The normalized spacial score (nSPS) is 12.9. The second kappa shape index (κ2) is 10.2. The van der Waals surface area contributed by atoms with Crippen LogP contribution in [0.5, 0.6) is 0 Å². The molecule has 0 spiro atoms. The molecule has 1 N–H and O–H groups in total. The number of carbonyl (C=O) groups is 2.